The number of aromatic nitrogens is 1. The van der Waals surface area contributed by atoms with Crippen LogP contribution in [0, 0.1) is 0 Å². The molecule has 1 aromatic carbocycles. The summed E-state index contributed by atoms with van der Waals surface area (Å²) in [7, 11) is 1.38. The van der Waals surface area contributed by atoms with E-state index in [0.29, 0.717) is 12.4 Å². The summed E-state index contributed by atoms with van der Waals surface area (Å²) in [6, 6.07) is 9.43. The fourth-order valence-electron chi connectivity index (χ4n) is 3.73. The van der Waals surface area contributed by atoms with Crippen molar-refractivity contribution in [1.82, 2.24) is 10.3 Å². The van der Waals surface area contributed by atoms with Gasteiger partial charge in [0.05, 0.1) is 20.3 Å². The van der Waals surface area contributed by atoms with Crippen molar-refractivity contribution in [1.29, 1.82) is 0 Å². The highest BCUT2D eigenvalue weighted by Crippen LogP contribution is 2.29. The monoisotopic (exact) mass is 546 g/mol. The minimum absolute atomic E-state index is 0.0613. The Bertz CT molecular complexity index is 1100. The lowest BCUT2D eigenvalue weighted by molar-refractivity contribution is -0.158. The molecule has 1 aliphatic heterocycles. The van der Waals surface area contributed by atoms with Crippen LogP contribution in [0.25, 0.3) is 0 Å². The first-order valence-electron chi connectivity index (χ1n) is 12.6. The van der Waals surface area contributed by atoms with Crippen LogP contribution in [0.1, 0.15) is 37.7 Å². The van der Waals surface area contributed by atoms with Crippen LogP contribution in [0.2, 0.25) is 0 Å². The summed E-state index contributed by atoms with van der Waals surface area (Å²) in [4.78, 5) is 41.5. The van der Waals surface area contributed by atoms with Gasteiger partial charge < -0.3 is 38.5 Å². The molecule has 1 saturated heterocycles. The molecule has 1 N–H and O–H groups in total. The topological polar surface area (TPSA) is 141 Å². The second kappa shape index (κ2) is 14.9. The van der Waals surface area contributed by atoms with Gasteiger partial charge in [0.1, 0.15) is 18.0 Å². The van der Waals surface area contributed by atoms with Gasteiger partial charge in [0.25, 0.3) is 5.91 Å². The molecule has 0 bridgehead atoms. The Hall–Kier alpha value is -3.90. The minimum Gasteiger partial charge on any atom is -0.493 e. The quantitative estimate of drug-likeness (QED) is 0.328. The van der Waals surface area contributed by atoms with Crippen molar-refractivity contribution in [3.63, 3.8) is 0 Å². The van der Waals surface area contributed by atoms with Gasteiger partial charge in [-0.3, -0.25) is 9.59 Å². The molecule has 0 spiro atoms. The number of para-hydroxylation sites is 1. The highest BCUT2D eigenvalue weighted by Gasteiger charge is 2.37. The average molecular weight is 547 g/mol. The number of ether oxygens (including phenoxy) is 7. The van der Waals surface area contributed by atoms with Gasteiger partial charge in [-0.2, -0.15) is 0 Å². The predicted octanol–water partition coefficient (Wildman–Crippen LogP) is 2.29. The smallest absolute Gasteiger partial charge is 0.331 e. The summed E-state index contributed by atoms with van der Waals surface area (Å²) in [6.07, 6.45) is 0.172. The van der Waals surface area contributed by atoms with Crippen molar-refractivity contribution in [2.75, 3.05) is 33.7 Å². The van der Waals surface area contributed by atoms with E-state index in [1.165, 1.54) is 26.3 Å². The molecule has 1 aromatic heterocycles. The number of cyclic esters (lactones) is 1. The summed E-state index contributed by atoms with van der Waals surface area (Å²) in [5.41, 5.74) is -0.184. The lowest BCUT2D eigenvalue weighted by Crippen LogP contribution is -2.48. The van der Waals surface area contributed by atoms with Gasteiger partial charge in [-0.05, 0) is 25.5 Å². The van der Waals surface area contributed by atoms with E-state index in [1.54, 1.807) is 19.1 Å². The Morgan fingerprint density at radius 2 is 1.92 bits per heavy atom. The Kier molecular flexibility index (Phi) is 11.3. The molecule has 0 saturated carbocycles. The first-order valence-corrected chi connectivity index (χ1v) is 12.6. The molecule has 1 amide bonds. The molecule has 3 rings (SSSR count). The normalized spacial score (nSPS) is 21.4. The standard InChI is InChI=1S/C27H34N2O10/c1-5-13-35-22-15-34-14-20(27(32)38-17(2)24(22)39-19-9-7-6-8-10-19)29-26(31)23-25(37-16-36-18(3)30)21(33-4)11-12-28-23/h6-12,17,20,22,24H,5,13-16H2,1-4H3,(H,29,31). The van der Waals surface area contributed by atoms with Gasteiger partial charge in [0, 0.05) is 25.8 Å². The van der Waals surface area contributed by atoms with Gasteiger partial charge in [-0.25, -0.2) is 9.78 Å². The fourth-order valence-corrected chi connectivity index (χ4v) is 3.73. The zero-order chi connectivity index (χ0) is 28.2. The van der Waals surface area contributed by atoms with Crippen LogP contribution in [0.3, 0.4) is 0 Å². The molecule has 4 atom stereocenters. The number of methoxy groups -OCH3 is 1. The summed E-state index contributed by atoms with van der Waals surface area (Å²) in [5.74, 6) is -1.34. The minimum atomic E-state index is -1.17. The highest BCUT2D eigenvalue weighted by atomic mass is 16.7. The van der Waals surface area contributed by atoms with Crippen LogP contribution in [0.4, 0.5) is 0 Å². The third-order valence-electron chi connectivity index (χ3n) is 5.61. The molecule has 1 fully saturated rings. The Labute approximate surface area is 226 Å². The molecular formula is C27H34N2O10. The van der Waals surface area contributed by atoms with E-state index in [-0.39, 0.29) is 30.4 Å². The summed E-state index contributed by atoms with van der Waals surface area (Å²) >= 11 is 0. The van der Waals surface area contributed by atoms with Gasteiger partial charge in [0.2, 0.25) is 6.79 Å². The first-order chi connectivity index (χ1) is 18.8. The van der Waals surface area contributed by atoms with Crippen LogP contribution in [-0.2, 0) is 28.5 Å². The number of carbonyl (C=O) groups is 3. The fraction of sp³-hybridized carbons (Fsp3) is 0.481. The number of amides is 1. The Morgan fingerprint density at radius 1 is 1.15 bits per heavy atom. The third-order valence-corrected chi connectivity index (χ3v) is 5.61. The van der Waals surface area contributed by atoms with Crippen LogP contribution >= 0.6 is 0 Å². The largest absolute Gasteiger partial charge is 0.493 e. The van der Waals surface area contributed by atoms with Gasteiger partial charge in [0.15, 0.2) is 29.3 Å². The maximum absolute atomic E-state index is 13.2. The predicted molar refractivity (Wildman–Crippen MR) is 137 cm³/mol. The number of hydrogen-bond acceptors (Lipinski definition) is 11. The molecule has 4 unspecified atom stereocenters. The number of esters is 2. The maximum Gasteiger partial charge on any atom is 0.331 e. The van der Waals surface area contributed by atoms with E-state index >= 15 is 0 Å². The molecule has 12 heteroatoms. The maximum atomic E-state index is 13.2. The number of nitrogens with zero attached hydrogens (tertiary/aromatic N) is 1. The van der Waals surface area contributed by atoms with Gasteiger partial charge in [-0.15, -0.1) is 0 Å². The Morgan fingerprint density at radius 3 is 2.62 bits per heavy atom. The summed E-state index contributed by atoms with van der Waals surface area (Å²) in [5, 5.41) is 2.59. The molecule has 0 aliphatic carbocycles. The average Bonchev–Trinajstić information content (AvgIpc) is 2.97. The molecule has 2 aromatic rings. The molecule has 1 aliphatic rings. The van der Waals surface area contributed by atoms with Crippen molar-refractivity contribution in [3.05, 3.63) is 48.3 Å². The molecule has 0 radical (unpaired) electrons. The van der Waals surface area contributed by atoms with E-state index in [9.17, 15) is 14.4 Å². The molecule has 39 heavy (non-hydrogen) atoms. The number of pyridine rings is 1. The van der Waals surface area contributed by atoms with E-state index in [0.717, 1.165) is 6.42 Å². The van der Waals surface area contributed by atoms with Crippen molar-refractivity contribution in [2.24, 2.45) is 0 Å². The van der Waals surface area contributed by atoms with E-state index in [4.69, 9.17) is 33.2 Å². The van der Waals surface area contributed by atoms with Crippen LogP contribution in [0.5, 0.6) is 17.2 Å². The van der Waals surface area contributed by atoms with Gasteiger partial charge in [-0.1, -0.05) is 25.1 Å². The highest BCUT2D eigenvalue weighted by molar-refractivity contribution is 5.98. The number of rotatable bonds is 11. The third kappa shape index (κ3) is 8.55. The lowest BCUT2D eigenvalue weighted by atomic mass is 10.1. The molecule has 212 valence electrons. The second-order valence-corrected chi connectivity index (χ2v) is 8.60. The summed E-state index contributed by atoms with van der Waals surface area (Å²) in [6.45, 7) is 4.80. The number of nitrogens with one attached hydrogen (secondary N) is 1. The zero-order valence-corrected chi connectivity index (χ0v) is 22.4. The van der Waals surface area contributed by atoms with Crippen molar-refractivity contribution >= 4 is 17.8 Å². The van der Waals surface area contributed by atoms with Crippen LogP contribution in [0.15, 0.2) is 42.6 Å². The SMILES string of the molecule is CCCOC1COCC(NC(=O)c2nccc(OC)c2OCOC(C)=O)C(=O)OC(C)C1Oc1ccccc1. The number of benzene rings is 1. The first kappa shape index (κ1) is 29.7. The number of carbonyl (C=O) groups excluding carboxylic acids is 3. The van der Waals surface area contributed by atoms with E-state index < -0.39 is 49.0 Å². The lowest BCUT2D eigenvalue weighted by Gasteiger charge is -2.31. The van der Waals surface area contributed by atoms with Crippen molar-refractivity contribution in [3.8, 4) is 17.2 Å². The van der Waals surface area contributed by atoms with E-state index in [1.807, 2.05) is 25.1 Å². The van der Waals surface area contributed by atoms with Crippen molar-refractivity contribution < 1.29 is 47.5 Å². The van der Waals surface area contributed by atoms with E-state index in [2.05, 4.69) is 10.3 Å². The molecular weight excluding hydrogens is 512 g/mol. The van der Waals surface area contributed by atoms with Crippen LogP contribution < -0.4 is 19.5 Å². The van der Waals surface area contributed by atoms with Crippen LogP contribution in [-0.4, -0.2) is 80.9 Å². The zero-order valence-electron chi connectivity index (χ0n) is 22.4. The second-order valence-electron chi connectivity index (χ2n) is 8.60. The molecule has 12 nitrogen and oxygen atoms in total. The number of hydrogen-bond donors (Lipinski definition) is 1. The molecule has 2 heterocycles. The van der Waals surface area contributed by atoms with Gasteiger partial charge >= 0.3 is 11.9 Å². The Balaban J connectivity index is 1.78. The van der Waals surface area contributed by atoms with Crippen molar-refractivity contribution in [2.45, 2.75) is 51.5 Å². The summed E-state index contributed by atoms with van der Waals surface area (Å²) < 4.78 is 39.1.